The van der Waals surface area contributed by atoms with Crippen LogP contribution in [0.4, 0.5) is 21.0 Å². The molecule has 2 aliphatic heterocycles. The first-order valence-corrected chi connectivity index (χ1v) is 14.6. The summed E-state index contributed by atoms with van der Waals surface area (Å²) in [6.07, 6.45) is 3.95. The van der Waals surface area contributed by atoms with E-state index in [0.717, 1.165) is 54.3 Å². The van der Waals surface area contributed by atoms with Gasteiger partial charge in [-0.1, -0.05) is 18.3 Å². The van der Waals surface area contributed by atoms with Gasteiger partial charge in [0.05, 0.1) is 17.9 Å². The Kier molecular flexibility index (Phi) is 6.91. The number of likely N-dealkylation sites (tertiary alicyclic amines) is 1. The third-order valence-corrected chi connectivity index (χ3v) is 9.27. The summed E-state index contributed by atoms with van der Waals surface area (Å²) in [6, 6.07) is 11.3. The zero-order chi connectivity index (χ0) is 29.0. The number of hydrogen-bond acceptors (Lipinski definition) is 8. The SMILES string of the molecule is CCc1nc2c(C)cc(N3C[C@@H]4C[C@H]3CN4CC(=O)N(C)C)cn2c1N(C)c1nc(-c2ccc(F)cc2)c(C#N)s1. The Morgan fingerprint density at radius 1 is 1.17 bits per heavy atom. The van der Waals surface area contributed by atoms with E-state index >= 15 is 0 Å². The van der Waals surface area contributed by atoms with Crippen molar-refractivity contribution >= 4 is 39.5 Å². The van der Waals surface area contributed by atoms with E-state index in [4.69, 9.17) is 9.97 Å². The summed E-state index contributed by atoms with van der Waals surface area (Å²) in [6.45, 7) is 6.41. The van der Waals surface area contributed by atoms with E-state index in [1.165, 1.54) is 23.5 Å². The maximum Gasteiger partial charge on any atom is 0.236 e. The number of likely N-dealkylation sites (N-methyl/N-ethyl adjacent to an activating group) is 1. The third-order valence-electron chi connectivity index (χ3n) is 8.23. The number of thiazole rings is 1. The number of nitrogens with zero attached hydrogens (tertiary/aromatic N) is 8. The van der Waals surface area contributed by atoms with Crippen LogP contribution in [0.3, 0.4) is 0 Å². The van der Waals surface area contributed by atoms with Gasteiger partial charge < -0.3 is 14.7 Å². The van der Waals surface area contributed by atoms with Crippen LogP contribution < -0.4 is 9.80 Å². The van der Waals surface area contributed by atoms with Crippen molar-refractivity contribution in [1.82, 2.24) is 24.2 Å². The second-order valence-electron chi connectivity index (χ2n) is 11.1. The smallest absolute Gasteiger partial charge is 0.236 e. The van der Waals surface area contributed by atoms with Crippen molar-refractivity contribution < 1.29 is 9.18 Å². The number of amides is 1. The van der Waals surface area contributed by atoms with Gasteiger partial charge in [-0.05, 0) is 55.7 Å². The largest absolute Gasteiger partial charge is 0.364 e. The molecule has 0 spiro atoms. The molecule has 2 atom stereocenters. The Balaban J connectivity index is 1.34. The van der Waals surface area contributed by atoms with Gasteiger partial charge in [0.15, 0.2) is 5.13 Å². The van der Waals surface area contributed by atoms with Gasteiger partial charge in [-0.25, -0.2) is 14.4 Å². The predicted octanol–water partition coefficient (Wildman–Crippen LogP) is 4.46. The molecule has 9 nitrogen and oxygen atoms in total. The predicted molar refractivity (Wildman–Crippen MR) is 159 cm³/mol. The molecule has 2 aliphatic rings. The number of aromatic nitrogens is 3. The highest BCUT2D eigenvalue weighted by atomic mass is 32.1. The van der Waals surface area contributed by atoms with Crippen LogP contribution in [0.25, 0.3) is 16.9 Å². The van der Waals surface area contributed by atoms with Crippen LogP contribution in [-0.2, 0) is 11.2 Å². The van der Waals surface area contributed by atoms with Gasteiger partial charge in [-0.3, -0.25) is 14.1 Å². The molecule has 2 fully saturated rings. The van der Waals surface area contributed by atoms with Crippen molar-refractivity contribution in [2.24, 2.45) is 0 Å². The minimum absolute atomic E-state index is 0.142. The number of piperazine rings is 1. The summed E-state index contributed by atoms with van der Waals surface area (Å²) in [4.78, 5) is 31.1. The lowest BCUT2D eigenvalue weighted by molar-refractivity contribution is -0.130. The Bertz CT molecular complexity index is 1670. The van der Waals surface area contributed by atoms with E-state index in [-0.39, 0.29) is 11.7 Å². The molecule has 6 rings (SSSR count). The standard InChI is InChI=1S/C30H33FN8OS/c1-6-24-29(36(5)30-34-27(25(13-32)41-30)19-7-9-20(31)10-8-19)39-16-22(11-18(2)28(39)33-24)38-15-21-12-23(38)14-37(21)17-26(40)35(3)4/h7-11,16,21,23H,6,12,14-15,17H2,1-5H3/t21-,23-/m0/s1. The number of hydrogen-bond donors (Lipinski definition) is 0. The van der Waals surface area contributed by atoms with Gasteiger partial charge in [-0.15, -0.1) is 0 Å². The number of carbonyl (C=O) groups is 1. The number of rotatable bonds is 7. The zero-order valence-corrected chi connectivity index (χ0v) is 24.7. The van der Waals surface area contributed by atoms with E-state index in [1.54, 1.807) is 17.0 Å². The summed E-state index contributed by atoms with van der Waals surface area (Å²) >= 11 is 1.32. The molecule has 0 aliphatic carbocycles. The molecular formula is C30H33FN8OS. The maximum absolute atomic E-state index is 13.5. The van der Waals surface area contributed by atoms with Gasteiger partial charge in [0.1, 0.15) is 33.9 Å². The highest BCUT2D eigenvalue weighted by Gasteiger charge is 2.44. The van der Waals surface area contributed by atoms with E-state index in [9.17, 15) is 14.4 Å². The zero-order valence-electron chi connectivity index (χ0n) is 23.9. The first-order valence-electron chi connectivity index (χ1n) is 13.8. The fourth-order valence-corrected chi connectivity index (χ4v) is 6.92. The fraction of sp³-hybridized carbons (Fsp3) is 0.400. The molecule has 0 unspecified atom stereocenters. The fourth-order valence-electron chi connectivity index (χ4n) is 6.07. The lowest BCUT2D eigenvalue weighted by Gasteiger charge is -2.35. The minimum atomic E-state index is -0.328. The van der Waals surface area contributed by atoms with Crippen LogP contribution in [0.1, 0.15) is 29.5 Å². The monoisotopic (exact) mass is 572 g/mol. The van der Waals surface area contributed by atoms with E-state index in [0.29, 0.717) is 39.9 Å². The number of benzene rings is 1. The lowest BCUT2D eigenvalue weighted by Crippen LogP contribution is -2.49. The first kappa shape index (κ1) is 27.2. The van der Waals surface area contributed by atoms with Crippen molar-refractivity contribution in [1.29, 1.82) is 5.26 Å². The maximum atomic E-state index is 13.5. The first-order chi connectivity index (χ1) is 19.7. The summed E-state index contributed by atoms with van der Waals surface area (Å²) in [5, 5.41) is 10.5. The van der Waals surface area contributed by atoms with Crippen LogP contribution in [0, 0.1) is 24.1 Å². The number of fused-ring (bicyclic) bond motifs is 3. The normalized spacial score (nSPS) is 18.3. The number of pyridine rings is 1. The third kappa shape index (κ3) is 4.71. The number of aryl methyl sites for hydroxylation is 2. The Morgan fingerprint density at radius 3 is 2.56 bits per heavy atom. The minimum Gasteiger partial charge on any atom is -0.364 e. The molecule has 0 saturated carbocycles. The van der Waals surface area contributed by atoms with E-state index in [2.05, 4.69) is 46.4 Å². The van der Waals surface area contributed by atoms with E-state index in [1.807, 2.05) is 26.0 Å². The topological polar surface area (TPSA) is 84.0 Å². The highest BCUT2D eigenvalue weighted by molar-refractivity contribution is 7.16. The number of anilines is 3. The molecule has 2 saturated heterocycles. The van der Waals surface area contributed by atoms with Crippen LogP contribution in [0.5, 0.6) is 0 Å². The van der Waals surface area contributed by atoms with Crippen molar-refractivity contribution in [3.8, 4) is 17.3 Å². The molecule has 3 aromatic heterocycles. The second-order valence-corrected chi connectivity index (χ2v) is 12.1. The highest BCUT2D eigenvalue weighted by Crippen LogP contribution is 2.39. The van der Waals surface area contributed by atoms with Crippen molar-refractivity contribution in [2.75, 3.05) is 50.6 Å². The molecule has 5 heterocycles. The van der Waals surface area contributed by atoms with Gasteiger partial charge in [0.25, 0.3) is 0 Å². The van der Waals surface area contributed by atoms with Crippen LogP contribution in [0.2, 0.25) is 0 Å². The van der Waals surface area contributed by atoms with Crippen LogP contribution in [0.15, 0.2) is 36.5 Å². The van der Waals surface area contributed by atoms with Gasteiger partial charge >= 0.3 is 0 Å². The quantitative estimate of drug-likeness (QED) is 0.323. The van der Waals surface area contributed by atoms with Crippen LogP contribution >= 0.6 is 11.3 Å². The molecule has 0 radical (unpaired) electrons. The number of nitriles is 1. The summed E-state index contributed by atoms with van der Waals surface area (Å²) in [7, 11) is 5.57. The number of imidazole rings is 1. The summed E-state index contributed by atoms with van der Waals surface area (Å²) in [5.41, 5.74) is 5.32. The molecule has 11 heteroatoms. The van der Waals surface area contributed by atoms with Crippen molar-refractivity contribution in [3.05, 3.63) is 58.5 Å². The number of carbonyl (C=O) groups excluding carboxylic acids is 1. The van der Waals surface area contributed by atoms with E-state index < -0.39 is 0 Å². The second kappa shape index (κ2) is 10.4. The molecule has 4 aromatic rings. The van der Waals surface area contributed by atoms with Crippen LogP contribution in [-0.4, -0.2) is 82.9 Å². The molecule has 1 aromatic carbocycles. The summed E-state index contributed by atoms with van der Waals surface area (Å²) in [5.74, 6) is 0.730. The van der Waals surface area contributed by atoms with Crippen molar-refractivity contribution in [2.45, 2.75) is 38.8 Å². The van der Waals surface area contributed by atoms with Gasteiger partial charge in [0, 0.05) is 58.1 Å². The molecule has 41 heavy (non-hydrogen) atoms. The average Bonchev–Trinajstić information content (AvgIpc) is 3.74. The number of halogens is 1. The molecule has 0 N–H and O–H groups in total. The molecular weight excluding hydrogens is 539 g/mol. The Morgan fingerprint density at radius 2 is 1.93 bits per heavy atom. The van der Waals surface area contributed by atoms with Crippen molar-refractivity contribution in [3.63, 3.8) is 0 Å². The molecule has 1 amide bonds. The Labute approximate surface area is 243 Å². The molecule has 2 bridgehead atoms. The van der Waals surface area contributed by atoms with Gasteiger partial charge in [0.2, 0.25) is 5.91 Å². The Hall–Kier alpha value is -4.01. The summed E-state index contributed by atoms with van der Waals surface area (Å²) < 4.78 is 15.7. The van der Waals surface area contributed by atoms with Gasteiger partial charge in [-0.2, -0.15) is 5.26 Å². The lowest BCUT2D eigenvalue weighted by atomic mass is 10.1. The average molecular weight is 573 g/mol. The molecule has 212 valence electrons.